The average molecular weight is 285 g/mol. The molecule has 0 fully saturated rings. The Morgan fingerprint density at radius 3 is 2.80 bits per heavy atom. The predicted molar refractivity (Wildman–Crippen MR) is 79.9 cm³/mol. The second-order valence-electron chi connectivity index (χ2n) is 3.94. The van der Waals surface area contributed by atoms with Crippen molar-refractivity contribution < 1.29 is 9.53 Å². The number of carbonyl (C=O) groups is 1. The lowest BCUT2D eigenvalue weighted by molar-refractivity contribution is 0.0544. The van der Waals surface area contributed by atoms with Crippen LogP contribution in [-0.2, 0) is 4.74 Å². The number of nitrogens with zero attached hydrogens (tertiary/aromatic N) is 1. The Morgan fingerprint density at radius 1 is 1.25 bits per heavy atom. The quantitative estimate of drug-likeness (QED) is 0.615. The lowest BCUT2D eigenvalue weighted by Crippen LogP contribution is -2.07. The molecule has 0 unspecified atom stereocenters. The van der Waals surface area contributed by atoms with E-state index in [9.17, 15) is 4.79 Å². The summed E-state index contributed by atoms with van der Waals surface area (Å²) >= 11 is 1.45. The first-order chi connectivity index (χ1) is 9.81. The number of aromatic nitrogens is 1. The van der Waals surface area contributed by atoms with E-state index in [1.54, 1.807) is 24.4 Å². The maximum absolute atomic E-state index is 12.0. The Labute approximate surface area is 122 Å². The fraction of sp³-hybridized carbons (Fsp3) is 0.125. The number of rotatable bonds is 5. The van der Waals surface area contributed by atoms with Gasteiger partial charge in [0, 0.05) is 11.1 Å². The topological polar surface area (TPSA) is 39.2 Å². The molecule has 0 N–H and O–H groups in total. The molecule has 2 aromatic rings. The van der Waals surface area contributed by atoms with Gasteiger partial charge in [-0.05, 0) is 31.2 Å². The van der Waals surface area contributed by atoms with Gasteiger partial charge >= 0.3 is 5.97 Å². The maximum atomic E-state index is 12.0. The molecule has 4 heteroatoms. The highest BCUT2D eigenvalue weighted by Gasteiger charge is 2.14. The summed E-state index contributed by atoms with van der Waals surface area (Å²) in [6, 6.07) is 13.3. The van der Waals surface area contributed by atoms with E-state index in [0.717, 1.165) is 4.90 Å². The molecule has 0 aliphatic heterocycles. The summed E-state index contributed by atoms with van der Waals surface area (Å²) in [5, 5.41) is 0.657. The summed E-state index contributed by atoms with van der Waals surface area (Å²) in [6.45, 7) is 2.16. The zero-order valence-electron chi connectivity index (χ0n) is 11.2. The minimum absolute atomic E-state index is 0.277. The van der Waals surface area contributed by atoms with Gasteiger partial charge in [0.2, 0.25) is 0 Å². The number of esters is 1. The number of pyridine rings is 1. The smallest absolute Gasteiger partial charge is 0.341 e. The fourth-order valence-corrected chi connectivity index (χ4v) is 2.42. The second kappa shape index (κ2) is 7.50. The van der Waals surface area contributed by atoms with Gasteiger partial charge in [-0.25, -0.2) is 9.78 Å². The van der Waals surface area contributed by atoms with Crippen LogP contribution in [0, 0.1) is 0 Å². The Hall–Kier alpha value is -2.07. The van der Waals surface area contributed by atoms with Crippen molar-refractivity contribution in [3.05, 3.63) is 66.4 Å². The van der Waals surface area contributed by atoms with E-state index in [-0.39, 0.29) is 12.6 Å². The molecule has 0 amide bonds. The minimum Gasteiger partial charge on any atom is -0.458 e. The largest absolute Gasteiger partial charge is 0.458 e. The molecule has 0 spiro atoms. The molecule has 0 radical (unpaired) electrons. The van der Waals surface area contributed by atoms with Crippen LogP contribution in [0.4, 0.5) is 0 Å². The Bertz CT molecular complexity index is 596. The first kappa shape index (κ1) is 14.3. The monoisotopic (exact) mass is 285 g/mol. The van der Waals surface area contributed by atoms with Crippen molar-refractivity contribution in [3.63, 3.8) is 0 Å². The number of hydrogen-bond acceptors (Lipinski definition) is 4. The van der Waals surface area contributed by atoms with Crippen LogP contribution >= 0.6 is 11.8 Å². The molecule has 0 aliphatic rings. The van der Waals surface area contributed by atoms with Crippen LogP contribution < -0.4 is 0 Å². The summed E-state index contributed by atoms with van der Waals surface area (Å²) in [5.74, 6) is -0.352. The third kappa shape index (κ3) is 3.96. The molecule has 1 aromatic heterocycles. The van der Waals surface area contributed by atoms with Crippen molar-refractivity contribution in [2.75, 3.05) is 6.61 Å². The standard InChI is InChI=1S/C16H15NO2S/c1-2-3-12-19-16(18)14-10-7-11-17-15(14)20-13-8-5-4-6-9-13/h2-11H,12H2,1H3/b3-2+. The highest BCUT2D eigenvalue weighted by Crippen LogP contribution is 2.28. The minimum atomic E-state index is -0.352. The molecule has 1 aromatic carbocycles. The van der Waals surface area contributed by atoms with E-state index in [0.29, 0.717) is 10.6 Å². The van der Waals surface area contributed by atoms with Crippen molar-refractivity contribution >= 4 is 17.7 Å². The van der Waals surface area contributed by atoms with Gasteiger partial charge in [0.25, 0.3) is 0 Å². The number of ether oxygens (including phenoxy) is 1. The zero-order chi connectivity index (χ0) is 14.2. The van der Waals surface area contributed by atoms with Crippen molar-refractivity contribution in [2.24, 2.45) is 0 Å². The van der Waals surface area contributed by atoms with E-state index >= 15 is 0 Å². The van der Waals surface area contributed by atoms with E-state index in [2.05, 4.69) is 4.98 Å². The molecule has 20 heavy (non-hydrogen) atoms. The molecule has 0 aliphatic carbocycles. The van der Waals surface area contributed by atoms with Crippen LogP contribution in [0.3, 0.4) is 0 Å². The summed E-state index contributed by atoms with van der Waals surface area (Å²) in [5.41, 5.74) is 0.492. The summed E-state index contributed by atoms with van der Waals surface area (Å²) in [6.07, 6.45) is 5.31. The van der Waals surface area contributed by atoms with Crippen molar-refractivity contribution in [1.29, 1.82) is 0 Å². The summed E-state index contributed by atoms with van der Waals surface area (Å²) < 4.78 is 5.17. The number of benzene rings is 1. The van der Waals surface area contributed by atoms with Crippen LogP contribution in [0.2, 0.25) is 0 Å². The van der Waals surface area contributed by atoms with Crippen LogP contribution in [0.25, 0.3) is 0 Å². The molecular formula is C16H15NO2S. The highest BCUT2D eigenvalue weighted by molar-refractivity contribution is 7.99. The Balaban J connectivity index is 2.15. The van der Waals surface area contributed by atoms with Gasteiger partial charge in [-0.2, -0.15) is 0 Å². The van der Waals surface area contributed by atoms with Crippen molar-refractivity contribution in [3.8, 4) is 0 Å². The molecule has 0 saturated carbocycles. The summed E-state index contributed by atoms with van der Waals surface area (Å²) in [4.78, 5) is 17.3. The Kier molecular flexibility index (Phi) is 5.38. The molecule has 2 rings (SSSR count). The number of hydrogen-bond donors (Lipinski definition) is 0. The normalized spacial score (nSPS) is 10.7. The van der Waals surface area contributed by atoms with Crippen molar-refractivity contribution in [2.45, 2.75) is 16.8 Å². The average Bonchev–Trinajstić information content (AvgIpc) is 2.49. The maximum Gasteiger partial charge on any atom is 0.341 e. The summed E-state index contributed by atoms with van der Waals surface area (Å²) in [7, 11) is 0. The van der Waals surface area contributed by atoms with Gasteiger partial charge in [-0.1, -0.05) is 42.1 Å². The SMILES string of the molecule is C/C=C/COC(=O)c1cccnc1Sc1ccccc1. The Morgan fingerprint density at radius 2 is 2.05 bits per heavy atom. The lowest BCUT2D eigenvalue weighted by atomic mass is 10.3. The number of carbonyl (C=O) groups excluding carboxylic acids is 1. The van der Waals surface area contributed by atoms with Gasteiger partial charge < -0.3 is 4.74 Å². The van der Waals surface area contributed by atoms with Gasteiger partial charge in [0.15, 0.2) is 0 Å². The van der Waals surface area contributed by atoms with E-state index < -0.39 is 0 Å². The molecule has 1 heterocycles. The van der Waals surface area contributed by atoms with Crippen LogP contribution in [0.5, 0.6) is 0 Å². The molecule has 3 nitrogen and oxygen atoms in total. The first-order valence-corrected chi connectivity index (χ1v) is 7.09. The van der Waals surface area contributed by atoms with Gasteiger partial charge in [0.1, 0.15) is 11.6 Å². The lowest BCUT2D eigenvalue weighted by Gasteiger charge is -2.07. The van der Waals surface area contributed by atoms with Crippen molar-refractivity contribution in [1.82, 2.24) is 4.98 Å². The second-order valence-corrected chi connectivity index (χ2v) is 5.00. The molecule has 0 saturated heterocycles. The third-order valence-corrected chi connectivity index (χ3v) is 3.52. The zero-order valence-corrected chi connectivity index (χ0v) is 12.0. The fourth-order valence-electron chi connectivity index (χ4n) is 1.53. The van der Waals surface area contributed by atoms with Gasteiger partial charge in [-0.15, -0.1) is 0 Å². The third-order valence-electron chi connectivity index (χ3n) is 2.50. The molecular weight excluding hydrogens is 270 g/mol. The van der Waals surface area contributed by atoms with Gasteiger partial charge in [0.05, 0.1) is 5.56 Å². The first-order valence-electron chi connectivity index (χ1n) is 6.27. The predicted octanol–water partition coefficient (Wildman–Crippen LogP) is 3.97. The van der Waals surface area contributed by atoms with Crippen LogP contribution in [-0.4, -0.2) is 17.6 Å². The van der Waals surface area contributed by atoms with E-state index in [4.69, 9.17) is 4.74 Å². The van der Waals surface area contributed by atoms with Crippen LogP contribution in [0.1, 0.15) is 17.3 Å². The molecule has 0 bridgehead atoms. The number of allylic oxidation sites excluding steroid dienone is 1. The van der Waals surface area contributed by atoms with E-state index in [1.807, 2.05) is 43.3 Å². The van der Waals surface area contributed by atoms with E-state index in [1.165, 1.54) is 11.8 Å². The molecule has 0 atom stereocenters. The van der Waals surface area contributed by atoms with Crippen LogP contribution in [0.15, 0.2) is 70.7 Å². The van der Waals surface area contributed by atoms with Gasteiger partial charge in [-0.3, -0.25) is 0 Å². The highest BCUT2D eigenvalue weighted by atomic mass is 32.2. The molecule has 102 valence electrons.